The summed E-state index contributed by atoms with van der Waals surface area (Å²) in [5, 5.41) is 9.06. The van der Waals surface area contributed by atoms with Crippen LogP contribution in [0.3, 0.4) is 0 Å². The average Bonchev–Trinajstić information content (AvgIpc) is 2.09. The average molecular weight is 206 g/mol. The highest BCUT2D eigenvalue weighted by molar-refractivity contribution is 7.91. The van der Waals surface area contributed by atoms with Gasteiger partial charge in [0.15, 0.2) is 0 Å². The predicted octanol–water partition coefficient (Wildman–Crippen LogP) is 0.830. The molecule has 0 amide bonds. The molecule has 1 N–H and O–H groups in total. The van der Waals surface area contributed by atoms with Crippen molar-refractivity contribution in [1.29, 1.82) is 0 Å². The molecule has 13 heavy (non-hydrogen) atoms. The van der Waals surface area contributed by atoms with Gasteiger partial charge in [-0.3, -0.25) is 0 Å². The first-order chi connectivity index (χ1) is 6.09. The summed E-state index contributed by atoms with van der Waals surface area (Å²) in [5.41, 5.74) is 0. The Bertz CT molecular complexity index is 228. The zero-order valence-electron chi connectivity index (χ0n) is 8.07. The van der Waals surface area contributed by atoms with Crippen molar-refractivity contribution in [1.82, 2.24) is 0 Å². The zero-order valence-corrected chi connectivity index (χ0v) is 8.89. The molecule has 1 unspecified atom stereocenters. The molecule has 3 nitrogen and oxygen atoms in total. The first kappa shape index (κ1) is 11.0. The van der Waals surface area contributed by atoms with Crippen LogP contribution in [0.2, 0.25) is 0 Å². The molecule has 1 fully saturated rings. The highest BCUT2D eigenvalue weighted by Crippen LogP contribution is 2.27. The quantitative estimate of drug-likeness (QED) is 0.744. The Labute approximate surface area is 80.1 Å². The number of aliphatic hydroxyl groups excluding tert-OH is 1. The van der Waals surface area contributed by atoms with Crippen LogP contribution in [0.15, 0.2) is 0 Å². The Morgan fingerprint density at radius 2 is 1.92 bits per heavy atom. The van der Waals surface area contributed by atoms with Gasteiger partial charge in [-0.15, -0.1) is 0 Å². The van der Waals surface area contributed by atoms with Gasteiger partial charge in [-0.05, 0) is 24.7 Å². The highest BCUT2D eigenvalue weighted by Gasteiger charge is 2.27. The topological polar surface area (TPSA) is 54.4 Å². The molecule has 0 saturated carbocycles. The molecule has 1 heterocycles. The lowest BCUT2D eigenvalue weighted by molar-refractivity contribution is 0.163. The first-order valence-electron chi connectivity index (χ1n) is 4.90. The monoisotopic (exact) mass is 206 g/mol. The van der Waals surface area contributed by atoms with Crippen LogP contribution in [-0.2, 0) is 9.84 Å². The fourth-order valence-electron chi connectivity index (χ4n) is 1.99. The largest absolute Gasteiger partial charge is 0.396 e. The van der Waals surface area contributed by atoms with Crippen LogP contribution in [-0.4, -0.2) is 31.6 Å². The SMILES string of the molecule is CCC(CO)C1CCS(=O)(=O)CC1. The smallest absolute Gasteiger partial charge is 0.150 e. The molecule has 0 spiro atoms. The summed E-state index contributed by atoms with van der Waals surface area (Å²) >= 11 is 0. The van der Waals surface area contributed by atoms with Crippen molar-refractivity contribution in [3.8, 4) is 0 Å². The van der Waals surface area contributed by atoms with E-state index in [1.165, 1.54) is 0 Å². The van der Waals surface area contributed by atoms with Gasteiger partial charge < -0.3 is 5.11 Å². The van der Waals surface area contributed by atoms with Gasteiger partial charge in [-0.25, -0.2) is 8.42 Å². The molecule has 1 saturated heterocycles. The maximum Gasteiger partial charge on any atom is 0.150 e. The molecule has 0 aromatic carbocycles. The molecule has 0 aromatic heterocycles. The maximum atomic E-state index is 11.1. The van der Waals surface area contributed by atoms with Crippen molar-refractivity contribution < 1.29 is 13.5 Å². The molecule has 0 bridgehead atoms. The van der Waals surface area contributed by atoms with E-state index < -0.39 is 9.84 Å². The van der Waals surface area contributed by atoms with Gasteiger partial charge in [0.1, 0.15) is 9.84 Å². The number of sulfone groups is 1. The second kappa shape index (κ2) is 4.42. The van der Waals surface area contributed by atoms with Gasteiger partial charge in [0.2, 0.25) is 0 Å². The Morgan fingerprint density at radius 1 is 1.38 bits per heavy atom. The summed E-state index contributed by atoms with van der Waals surface area (Å²) in [7, 11) is -2.75. The summed E-state index contributed by atoms with van der Waals surface area (Å²) < 4.78 is 22.3. The molecular formula is C9H18O3S. The Kier molecular flexibility index (Phi) is 3.74. The van der Waals surface area contributed by atoms with Crippen LogP contribution in [0, 0.1) is 11.8 Å². The lowest BCUT2D eigenvalue weighted by atomic mass is 9.86. The Balaban J connectivity index is 2.49. The molecular weight excluding hydrogens is 188 g/mol. The van der Waals surface area contributed by atoms with E-state index in [2.05, 4.69) is 0 Å². The summed E-state index contributed by atoms with van der Waals surface area (Å²) in [4.78, 5) is 0. The third-order valence-corrected chi connectivity index (χ3v) is 4.74. The van der Waals surface area contributed by atoms with Gasteiger partial charge in [-0.1, -0.05) is 13.3 Å². The van der Waals surface area contributed by atoms with E-state index in [0.717, 1.165) is 19.3 Å². The van der Waals surface area contributed by atoms with Crippen molar-refractivity contribution in [2.75, 3.05) is 18.1 Å². The maximum absolute atomic E-state index is 11.1. The van der Waals surface area contributed by atoms with E-state index >= 15 is 0 Å². The van der Waals surface area contributed by atoms with Crippen molar-refractivity contribution in [3.63, 3.8) is 0 Å². The first-order valence-corrected chi connectivity index (χ1v) is 6.72. The minimum Gasteiger partial charge on any atom is -0.396 e. The lowest BCUT2D eigenvalue weighted by Crippen LogP contribution is -2.29. The molecule has 1 rings (SSSR count). The number of rotatable bonds is 3. The number of hydrogen-bond donors (Lipinski definition) is 1. The van der Waals surface area contributed by atoms with Gasteiger partial charge in [0, 0.05) is 6.61 Å². The van der Waals surface area contributed by atoms with Crippen molar-refractivity contribution in [3.05, 3.63) is 0 Å². The molecule has 0 aliphatic carbocycles. The van der Waals surface area contributed by atoms with Crippen LogP contribution < -0.4 is 0 Å². The third kappa shape index (κ3) is 2.95. The molecule has 4 heteroatoms. The normalized spacial score (nSPS) is 25.7. The highest BCUT2D eigenvalue weighted by atomic mass is 32.2. The second-order valence-corrected chi connectivity index (χ2v) is 6.14. The minimum absolute atomic E-state index is 0.196. The predicted molar refractivity (Wildman–Crippen MR) is 52.2 cm³/mol. The molecule has 1 aliphatic rings. The number of hydrogen-bond acceptors (Lipinski definition) is 3. The molecule has 1 aliphatic heterocycles. The van der Waals surface area contributed by atoms with Crippen LogP contribution in [0.25, 0.3) is 0 Å². The van der Waals surface area contributed by atoms with Crippen molar-refractivity contribution in [2.45, 2.75) is 26.2 Å². The summed E-state index contributed by atoms with van der Waals surface area (Å²) in [6.45, 7) is 2.24. The van der Waals surface area contributed by atoms with E-state index in [4.69, 9.17) is 5.11 Å². The fraction of sp³-hybridized carbons (Fsp3) is 1.00. The van der Waals surface area contributed by atoms with E-state index in [1.807, 2.05) is 6.92 Å². The summed E-state index contributed by atoms with van der Waals surface area (Å²) in [5.74, 6) is 1.34. The molecule has 0 aromatic rings. The van der Waals surface area contributed by atoms with E-state index in [1.54, 1.807) is 0 Å². The lowest BCUT2D eigenvalue weighted by Gasteiger charge is -2.27. The van der Waals surface area contributed by atoms with E-state index in [-0.39, 0.29) is 6.61 Å². The van der Waals surface area contributed by atoms with Gasteiger partial charge in [0.05, 0.1) is 11.5 Å². The van der Waals surface area contributed by atoms with Crippen LogP contribution in [0.5, 0.6) is 0 Å². The zero-order chi connectivity index (χ0) is 9.90. The standard InChI is InChI=1S/C9H18O3S/c1-2-8(7-10)9-3-5-13(11,12)6-4-9/h8-10H,2-7H2,1H3. The molecule has 1 atom stereocenters. The molecule has 0 radical (unpaired) electrons. The fourth-order valence-corrected chi connectivity index (χ4v) is 3.52. The van der Waals surface area contributed by atoms with E-state index in [0.29, 0.717) is 23.3 Å². The Morgan fingerprint density at radius 3 is 2.31 bits per heavy atom. The summed E-state index contributed by atoms with van der Waals surface area (Å²) in [6.07, 6.45) is 2.42. The van der Waals surface area contributed by atoms with Crippen molar-refractivity contribution in [2.24, 2.45) is 11.8 Å². The second-order valence-electron chi connectivity index (χ2n) is 3.84. The van der Waals surface area contributed by atoms with Crippen LogP contribution in [0.4, 0.5) is 0 Å². The van der Waals surface area contributed by atoms with E-state index in [9.17, 15) is 8.42 Å². The Hall–Kier alpha value is -0.0900. The summed E-state index contributed by atoms with van der Waals surface area (Å²) in [6, 6.07) is 0. The third-order valence-electron chi connectivity index (χ3n) is 3.02. The molecule has 78 valence electrons. The van der Waals surface area contributed by atoms with Gasteiger partial charge in [-0.2, -0.15) is 0 Å². The van der Waals surface area contributed by atoms with Gasteiger partial charge >= 0.3 is 0 Å². The van der Waals surface area contributed by atoms with Crippen LogP contribution >= 0.6 is 0 Å². The van der Waals surface area contributed by atoms with Crippen molar-refractivity contribution >= 4 is 9.84 Å². The number of aliphatic hydroxyl groups is 1. The van der Waals surface area contributed by atoms with Gasteiger partial charge in [0.25, 0.3) is 0 Å². The minimum atomic E-state index is -2.75. The van der Waals surface area contributed by atoms with Crippen LogP contribution in [0.1, 0.15) is 26.2 Å².